The lowest BCUT2D eigenvalue weighted by Gasteiger charge is -2.19. The van der Waals surface area contributed by atoms with Crippen LogP contribution in [-0.4, -0.2) is 24.0 Å². The zero-order valence-electron chi connectivity index (χ0n) is 11.9. The summed E-state index contributed by atoms with van der Waals surface area (Å²) in [6.07, 6.45) is 1.93. The van der Waals surface area contributed by atoms with Crippen LogP contribution in [-0.2, 0) is 11.2 Å². The summed E-state index contributed by atoms with van der Waals surface area (Å²) in [5.74, 6) is 0.574. The third-order valence-electron chi connectivity index (χ3n) is 2.45. The van der Waals surface area contributed by atoms with Crippen molar-refractivity contribution >= 4 is 0 Å². The molecule has 0 spiro atoms. The van der Waals surface area contributed by atoms with Crippen molar-refractivity contribution in [2.45, 2.75) is 40.2 Å². The smallest absolute Gasteiger partial charge is 0.188 e. The van der Waals surface area contributed by atoms with Gasteiger partial charge in [0.1, 0.15) is 5.75 Å². The number of aliphatic hydroxyl groups is 1. The largest absolute Gasteiger partial charge is 0.466 e. The van der Waals surface area contributed by atoms with Gasteiger partial charge in [0.05, 0.1) is 12.3 Å². The minimum atomic E-state index is -0.585. The lowest BCUT2D eigenvalue weighted by molar-refractivity contribution is 0.0480. The number of ether oxygens (including phenoxy) is 2. The fourth-order valence-electron chi connectivity index (χ4n) is 1.71. The van der Waals surface area contributed by atoms with E-state index in [0.717, 1.165) is 17.7 Å². The van der Waals surface area contributed by atoms with Gasteiger partial charge in [0, 0.05) is 18.4 Å². The van der Waals surface area contributed by atoms with Gasteiger partial charge in [-0.1, -0.05) is 20.8 Å². The van der Waals surface area contributed by atoms with Gasteiger partial charge in [-0.25, -0.2) is 0 Å². The third-order valence-corrected chi connectivity index (χ3v) is 2.45. The topological polar surface area (TPSA) is 51.6 Å². The van der Waals surface area contributed by atoms with Gasteiger partial charge in [-0.15, -0.1) is 0 Å². The zero-order chi connectivity index (χ0) is 13.8. The Bertz CT molecular complexity index is 383. The Morgan fingerprint density at radius 3 is 2.56 bits per heavy atom. The Labute approximate surface area is 109 Å². The van der Waals surface area contributed by atoms with Gasteiger partial charge in [-0.3, -0.25) is 4.98 Å². The molecule has 1 N–H and O–H groups in total. The predicted octanol–water partition coefficient (Wildman–Crippen LogP) is 2.71. The Morgan fingerprint density at radius 1 is 1.39 bits per heavy atom. The highest BCUT2D eigenvalue weighted by Gasteiger charge is 2.16. The number of pyridine rings is 1. The fraction of sp³-hybridized carbons (Fsp3) is 0.643. The molecule has 1 heterocycles. The first-order valence-corrected chi connectivity index (χ1v) is 6.12. The number of rotatable bonds is 5. The average molecular weight is 253 g/mol. The van der Waals surface area contributed by atoms with E-state index in [1.165, 1.54) is 0 Å². The fourth-order valence-corrected chi connectivity index (χ4v) is 1.71. The Balaban J connectivity index is 2.96. The molecule has 0 aliphatic rings. The highest BCUT2D eigenvalue weighted by Crippen LogP contribution is 2.27. The van der Waals surface area contributed by atoms with Crippen molar-refractivity contribution in [3.05, 3.63) is 23.5 Å². The molecule has 1 aromatic rings. The van der Waals surface area contributed by atoms with E-state index in [9.17, 15) is 5.11 Å². The molecule has 1 rings (SSSR count). The molecule has 0 saturated carbocycles. The van der Waals surface area contributed by atoms with Gasteiger partial charge in [-0.2, -0.15) is 0 Å². The second kappa shape index (κ2) is 6.16. The molecule has 0 bridgehead atoms. The number of nitrogens with zero attached hydrogens (tertiary/aromatic N) is 1. The summed E-state index contributed by atoms with van der Waals surface area (Å²) in [6, 6.07) is 1.90. The van der Waals surface area contributed by atoms with E-state index in [4.69, 9.17) is 9.47 Å². The van der Waals surface area contributed by atoms with Crippen LogP contribution in [0.5, 0.6) is 5.75 Å². The average Bonchev–Trinajstić information content (AvgIpc) is 2.25. The van der Waals surface area contributed by atoms with Crippen LogP contribution < -0.4 is 4.74 Å². The zero-order valence-corrected chi connectivity index (χ0v) is 11.9. The SMILES string of the molecule is COCOc1cnc(CC(C)(C)C)cc1C(C)O. The maximum Gasteiger partial charge on any atom is 0.188 e. The lowest BCUT2D eigenvalue weighted by atomic mass is 9.90. The molecule has 0 aliphatic heterocycles. The number of aromatic nitrogens is 1. The standard InChI is InChI=1S/C14H23NO3/c1-10(16)12-6-11(7-14(2,3)4)15-8-13(12)18-9-17-5/h6,8,10,16H,7,9H2,1-5H3. The summed E-state index contributed by atoms with van der Waals surface area (Å²) in [6.45, 7) is 8.35. The van der Waals surface area contributed by atoms with Crippen LogP contribution in [0.2, 0.25) is 0 Å². The molecule has 0 fully saturated rings. The molecule has 1 unspecified atom stereocenters. The van der Waals surface area contributed by atoms with Crippen LogP contribution in [0.4, 0.5) is 0 Å². The highest BCUT2D eigenvalue weighted by atomic mass is 16.7. The summed E-state index contributed by atoms with van der Waals surface area (Å²) in [5, 5.41) is 9.78. The van der Waals surface area contributed by atoms with Crippen molar-refractivity contribution in [2.24, 2.45) is 5.41 Å². The summed E-state index contributed by atoms with van der Waals surface area (Å²) < 4.78 is 10.2. The molecular weight excluding hydrogens is 230 g/mol. The van der Waals surface area contributed by atoms with Crippen LogP contribution in [0.1, 0.15) is 45.1 Å². The van der Waals surface area contributed by atoms with Crippen molar-refractivity contribution in [3.8, 4) is 5.75 Å². The maximum atomic E-state index is 9.78. The van der Waals surface area contributed by atoms with Crippen LogP contribution in [0.15, 0.2) is 12.3 Å². The van der Waals surface area contributed by atoms with Gasteiger partial charge < -0.3 is 14.6 Å². The molecule has 0 radical (unpaired) electrons. The summed E-state index contributed by atoms with van der Waals surface area (Å²) in [7, 11) is 1.56. The van der Waals surface area contributed by atoms with E-state index < -0.39 is 6.10 Å². The molecule has 4 nitrogen and oxygen atoms in total. The number of hydrogen-bond acceptors (Lipinski definition) is 4. The normalized spacial score (nSPS) is 13.4. The minimum Gasteiger partial charge on any atom is -0.466 e. The van der Waals surface area contributed by atoms with Crippen LogP contribution in [0.25, 0.3) is 0 Å². The lowest BCUT2D eigenvalue weighted by Crippen LogP contribution is -2.12. The van der Waals surface area contributed by atoms with E-state index in [1.807, 2.05) is 6.07 Å². The molecule has 1 atom stereocenters. The van der Waals surface area contributed by atoms with Crippen LogP contribution in [0.3, 0.4) is 0 Å². The second-order valence-electron chi connectivity index (χ2n) is 5.68. The molecule has 102 valence electrons. The van der Waals surface area contributed by atoms with E-state index in [-0.39, 0.29) is 12.2 Å². The highest BCUT2D eigenvalue weighted by molar-refractivity contribution is 5.34. The monoisotopic (exact) mass is 253 g/mol. The molecule has 4 heteroatoms. The van der Waals surface area contributed by atoms with Crippen molar-refractivity contribution in [1.82, 2.24) is 4.98 Å². The van der Waals surface area contributed by atoms with Gasteiger partial charge in [0.15, 0.2) is 6.79 Å². The first-order chi connectivity index (χ1) is 8.33. The predicted molar refractivity (Wildman–Crippen MR) is 70.5 cm³/mol. The van der Waals surface area contributed by atoms with Crippen molar-refractivity contribution in [1.29, 1.82) is 0 Å². The number of methoxy groups -OCH3 is 1. The minimum absolute atomic E-state index is 0.153. The van der Waals surface area contributed by atoms with Gasteiger partial charge in [0.25, 0.3) is 0 Å². The van der Waals surface area contributed by atoms with Crippen LogP contribution in [0, 0.1) is 5.41 Å². The number of hydrogen-bond donors (Lipinski definition) is 1. The van der Waals surface area contributed by atoms with E-state index in [0.29, 0.717) is 5.75 Å². The van der Waals surface area contributed by atoms with Gasteiger partial charge in [-0.05, 0) is 24.8 Å². The second-order valence-corrected chi connectivity index (χ2v) is 5.68. The van der Waals surface area contributed by atoms with E-state index in [1.54, 1.807) is 20.2 Å². The molecule has 1 aromatic heterocycles. The summed E-state index contributed by atoms with van der Waals surface area (Å²) in [5.41, 5.74) is 1.88. The molecule has 18 heavy (non-hydrogen) atoms. The summed E-state index contributed by atoms with van der Waals surface area (Å²) in [4.78, 5) is 4.37. The van der Waals surface area contributed by atoms with E-state index >= 15 is 0 Å². The van der Waals surface area contributed by atoms with Crippen molar-refractivity contribution in [2.75, 3.05) is 13.9 Å². The third kappa shape index (κ3) is 4.63. The number of aliphatic hydroxyl groups excluding tert-OH is 1. The first-order valence-electron chi connectivity index (χ1n) is 6.12. The Morgan fingerprint density at radius 2 is 2.06 bits per heavy atom. The van der Waals surface area contributed by atoms with E-state index in [2.05, 4.69) is 25.8 Å². The molecule has 0 amide bonds. The van der Waals surface area contributed by atoms with Crippen molar-refractivity contribution in [3.63, 3.8) is 0 Å². The molecule has 0 aromatic carbocycles. The molecular formula is C14H23NO3. The van der Waals surface area contributed by atoms with Crippen molar-refractivity contribution < 1.29 is 14.6 Å². The Kier molecular flexibility index (Phi) is 5.11. The maximum absolute atomic E-state index is 9.78. The Hall–Kier alpha value is -1.13. The molecule has 0 saturated heterocycles. The molecule has 0 aliphatic carbocycles. The quantitative estimate of drug-likeness (QED) is 0.820. The first kappa shape index (κ1) is 14.9. The summed E-state index contributed by atoms with van der Waals surface area (Å²) >= 11 is 0. The van der Waals surface area contributed by atoms with Gasteiger partial charge in [0.2, 0.25) is 0 Å². The van der Waals surface area contributed by atoms with Crippen LogP contribution >= 0.6 is 0 Å². The van der Waals surface area contributed by atoms with Gasteiger partial charge >= 0.3 is 0 Å².